The number of hydrogen-bond donors (Lipinski definition) is 1. The molecular weight excluding hydrogens is 273 g/mol. The number of benzene rings is 1. The predicted octanol–water partition coefficient (Wildman–Crippen LogP) is 3.14. The van der Waals surface area contributed by atoms with Crippen LogP contribution >= 0.6 is 0 Å². The first-order chi connectivity index (χ1) is 8.66. The Kier molecular flexibility index (Phi) is 4.09. The van der Waals surface area contributed by atoms with Crippen LogP contribution in [0.25, 0.3) is 0 Å². The fourth-order valence-corrected chi connectivity index (χ4v) is 1.51. The van der Waals surface area contributed by atoms with Crippen LogP contribution in [0.3, 0.4) is 0 Å². The lowest BCUT2D eigenvalue weighted by Gasteiger charge is -2.14. The fraction of sp³-hybridized carbons (Fsp3) is 0.273. The Hall–Kier alpha value is -2.17. The molecule has 0 fully saturated rings. The Labute approximate surface area is 103 Å². The number of carbonyl (C=O) groups is 1. The number of rotatable bonds is 3. The van der Waals surface area contributed by atoms with Crippen LogP contribution in [0.4, 0.5) is 22.0 Å². The molecule has 0 saturated heterocycles. The summed E-state index contributed by atoms with van der Waals surface area (Å²) in [5, 5.41) is 17.1. The molecule has 0 atom stereocenters. The molecule has 0 spiro atoms. The Bertz CT molecular complexity index is 545. The van der Waals surface area contributed by atoms with Crippen molar-refractivity contribution in [2.24, 2.45) is 0 Å². The maximum absolute atomic E-state index is 12.6. The van der Waals surface area contributed by atoms with Gasteiger partial charge in [0.05, 0.1) is 23.6 Å². The zero-order chi connectivity index (χ0) is 14.8. The highest BCUT2D eigenvalue weighted by molar-refractivity contribution is 5.71. The molecule has 0 radical (unpaired) electrons. The lowest BCUT2D eigenvalue weighted by atomic mass is 9.96. The van der Waals surface area contributed by atoms with E-state index in [-0.39, 0.29) is 6.07 Å². The van der Waals surface area contributed by atoms with E-state index in [0.717, 1.165) is 0 Å². The molecule has 19 heavy (non-hydrogen) atoms. The van der Waals surface area contributed by atoms with Gasteiger partial charge in [-0.15, -0.1) is 0 Å². The summed E-state index contributed by atoms with van der Waals surface area (Å²) in [6, 6.07) is 1.84. The van der Waals surface area contributed by atoms with Crippen molar-refractivity contribution in [3.8, 4) is 6.07 Å². The lowest BCUT2D eigenvalue weighted by Crippen LogP contribution is -2.12. The number of alkyl halides is 5. The van der Waals surface area contributed by atoms with Crippen LogP contribution in [0.5, 0.6) is 0 Å². The van der Waals surface area contributed by atoms with Gasteiger partial charge in [-0.3, -0.25) is 4.79 Å². The predicted molar refractivity (Wildman–Crippen MR) is 52.5 cm³/mol. The monoisotopic (exact) mass is 279 g/mol. The summed E-state index contributed by atoms with van der Waals surface area (Å²) < 4.78 is 63.1. The number of halogens is 5. The van der Waals surface area contributed by atoms with E-state index in [1.54, 1.807) is 0 Å². The van der Waals surface area contributed by atoms with Crippen molar-refractivity contribution >= 4 is 5.97 Å². The molecule has 1 aromatic rings. The molecule has 1 N–H and O–H groups in total. The molecule has 0 aromatic heterocycles. The Morgan fingerprint density at radius 3 is 2.32 bits per heavy atom. The van der Waals surface area contributed by atoms with E-state index in [9.17, 15) is 26.7 Å². The summed E-state index contributed by atoms with van der Waals surface area (Å²) in [7, 11) is 0. The summed E-state index contributed by atoms with van der Waals surface area (Å²) >= 11 is 0. The first-order valence-corrected chi connectivity index (χ1v) is 4.81. The van der Waals surface area contributed by atoms with Crippen LogP contribution in [0, 0.1) is 11.3 Å². The molecule has 1 rings (SSSR count). The SMILES string of the molecule is N#Cc1cc(C(F)F)c(CC(=O)O)cc1C(F)(F)F. The van der Waals surface area contributed by atoms with Gasteiger partial charge in [-0.1, -0.05) is 0 Å². The second-order valence-corrected chi connectivity index (χ2v) is 3.58. The van der Waals surface area contributed by atoms with Gasteiger partial charge in [0.1, 0.15) is 0 Å². The van der Waals surface area contributed by atoms with Crippen LogP contribution < -0.4 is 0 Å². The van der Waals surface area contributed by atoms with Crippen molar-refractivity contribution in [3.63, 3.8) is 0 Å². The van der Waals surface area contributed by atoms with Gasteiger partial charge in [-0.05, 0) is 17.7 Å². The van der Waals surface area contributed by atoms with Crippen LogP contribution in [0.2, 0.25) is 0 Å². The summed E-state index contributed by atoms with van der Waals surface area (Å²) in [6.45, 7) is 0. The van der Waals surface area contributed by atoms with E-state index in [2.05, 4.69) is 0 Å². The molecule has 0 heterocycles. The highest BCUT2D eigenvalue weighted by Gasteiger charge is 2.35. The topological polar surface area (TPSA) is 61.1 Å². The maximum atomic E-state index is 12.6. The van der Waals surface area contributed by atoms with E-state index >= 15 is 0 Å². The zero-order valence-corrected chi connectivity index (χ0v) is 9.13. The molecular formula is C11H6F5NO2. The normalized spacial score (nSPS) is 11.4. The third-order valence-electron chi connectivity index (χ3n) is 2.28. The van der Waals surface area contributed by atoms with Crippen LogP contribution in [0.15, 0.2) is 12.1 Å². The van der Waals surface area contributed by atoms with Gasteiger partial charge in [0.2, 0.25) is 0 Å². The molecule has 0 bridgehead atoms. The Balaban J connectivity index is 3.53. The van der Waals surface area contributed by atoms with Gasteiger partial charge < -0.3 is 5.11 Å². The van der Waals surface area contributed by atoms with Crippen molar-refractivity contribution < 1.29 is 31.9 Å². The van der Waals surface area contributed by atoms with Crippen LogP contribution in [-0.2, 0) is 17.4 Å². The molecule has 3 nitrogen and oxygen atoms in total. The van der Waals surface area contributed by atoms with Gasteiger partial charge in [0, 0.05) is 5.56 Å². The molecule has 0 saturated carbocycles. The molecule has 0 amide bonds. The molecule has 0 unspecified atom stereocenters. The van der Waals surface area contributed by atoms with E-state index in [1.165, 1.54) is 6.07 Å². The molecule has 0 aliphatic rings. The Morgan fingerprint density at radius 2 is 1.95 bits per heavy atom. The van der Waals surface area contributed by atoms with E-state index in [4.69, 9.17) is 10.4 Å². The zero-order valence-electron chi connectivity index (χ0n) is 9.13. The van der Waals surface area contributed by atoms with Crippen LogP contribution in [0.1, 0.15) is 28.7 Å². The van der Waals surface area contributed by atoms with Gasteiger partial charge in [-0.25, -0.2) is 8.78 Å². The molecule has 0 aliphatic heterocycles. The number of nitrogens with zero attached hydrogens (tertiary/aromatic N) is 1. The largest absolute Gasteiger partial charge is 0.481 e. The van der Waals surface area contributed by atoms with Crippen molar-refractivity contribution in [2.75, 3.05) is 0 Å². The summed E-state index contributed by atoms with van der Waals surface area (Å²) in [4.78, 5) is 10.5. The molecule has 102 valence electrons. The Morgan fingerprint density at radius 1 is 1.37 bits per heavy atom. The smallest absolute Gasteiger partial charge is 0.417 e. The highest BCUT2D eigenvalue weighted by atomic mass is 19.4. The van der Waals surface area contributed by atoms with Gasteiger partial charge in [-0.2, -0.15) is 18.4 Å². The maximum Gasteiger partial charge on any atom is 0.417 e. The van der Waals surface area contributed by atoms with Crippen molar-refractivity contribution in [2.45, 2.75) is 19.0 Å². The fourth-order valence-electron chi connectivity index (χ4n) is 1.51. The van der Waals surface area contributed by atoms with Crippen molar-refractivity contribution in [1.29, 1.82) is 5.26 Å². The minimum Gasteiger partial charge on any atom is -0.481 e. The van der Waals surface area contributed by atoms with Crippen LogP contribution in [-0.4, -0.2) is 11.1 Å². The standard InChI is InChI=1S/C11H6F5NO2/c12-10(13)7-1-6(4-17)8(11(14,15)16)2-5(7)3-9(18)19/h1-2,10H,3H2,(H,18,19). The van der Waals surface area contributed by atoms with Gasteiger partial charge in [0.15, 0.2) is 0 Å². The van der Waals surface area contributed by atoms with E-state index < -0.39 is 47.2 Å². The minimum absolute atomic E-state index is 0.286. The van der Waals surface area contributed by atoms with Gasteiger partial charge >= 0.3 is 12.1 Å². The third kappa shape index (κ3) is 3.40. The second-order valence-electron chi connectivity index (χ2n) is 3.58. The number of carboxylic acids is 1. The first-order valence-electron chi connectivity index (χ1n) is 4.81. The summed E-state index contributed by atoms with van der Waals surface area (Å²) in [6.07, 6.45) is -9.06. The highest BCUT2D eigenvalue weighted by Crippen LogP contribution is 2.36. The summed E-state index contributed by atoms with van der Waals surface area (Å²) in [5.41, 5.74) is -3.92. The lowest BCUT2D eigenvalue weighted by molar-refractivity contribution is -0.139. The average molecular weight is 279 g/mol. The van der Waals surface area contributed by atoms with Crippen molar-refractivity contribution in [1.82, 2.24) is 0 Å². The van der Waals surface area contributed by atoms with Gasteiger partial charge in [0.25, 0.3) is 6.43 Å². The van der Waals surface area contributed by atoms with E-state index in [0.29, 0.717) is 6.07 Å². The number of carboxylic acid groups (broad SMARTS) is 1. The average Bonchev–Trinajstić information content (AvgIpc) is 2.26. The molecule has 8 heteroatoms. The number of hydrogen-bond acceptors (Lipinski definition) is 2. The number of aliphatic carboxylic acids is 1. The van der Waals surface area contributed by atoms with Crippen molar-refractivity contribution in [3.05, 3.63) is 34.4 Å². The second kappa shape index (κ2) is 5.22. The summed E-state index contributed by atoms with van der Waals surface area (Å²) in [5.74, 6) is -1.54. The third-order valence-corrected chi connectivity index (χ3v) is 2.28. The molecule has 0 aliphatic carbocycles. The first kappa shape index (κ1) is 14.9. The molecule has 1 aromatic carbocycles. The minimum atomic E-state index is -4.92. The van der Waals surface area contributed by atoms with E-state index in [1.807, 2.05) is 0 Å². The quantitative estimate of drug-likeness (QED) is 0.864. The number of nitriles is 1.